The summed E-state index contributed by atoms with van der Waals surface area (Å²) in [6, 6.07) is 0.205. The summed E-state index contributed by atoms with van der Waals surface area (Å²) in [5.74, 6) is 1.10. The Hall–Kier alpha value is -0.280. The molecular formula is C15H31ClN2O. The van der Waals surface area contributed by atoms with Crippen molar-refractivity contribution in [1.29, 1.82) is 0 Å². The van der Waals surface area contributed by atoms with Crippen LogP contribution in [0.15, 0.2) is 0 Å². The average Bonchev–Trinajstić information content (AvgIpc) is 2.39. The molecule has 1 fully saturated rings. The standard InChI is InChI=1S/C15H30N2O.ClH/c1-4-6-8-13(5-2)15(18)17-10-7-9-14(11-17)12(3)16;/h12-14H,4-11,16H2,1-3H3;1H. The highest BCUT2D eigenvalue weighted by Crippen LogP contribution is 2.23. The third kappa shape index (κ3) is 5.70. The van der Waals surface area contributed by atoms with Gasteiger partial charge in [0.05, 0.1) is 0 Å². The van der Waals surface area contributed by atoms with Crippen molar-refractivity contribution >= 4 is 18.3 Å². The van der Waals surface area contributed by atoms with Gasteiger partial charge in [0, 0.05) is 25.0 Å². The highest BCUT2D eigenvalue weighted by molar-refractivity contribution is 5.85. The zero-order valence-electron chi connectivity index (χ0n) is 12.7. The van der Waals surface area contributed by atoms with E-state index in [9.17, 15) is 4.79 Å². The number of nitrogens with zero attached hydrogens (tertiary/aromatic N) is 1. The minimum absolute atomic E-state index is 0. The van der Waals surface area contributed by atoms with Gasteiger partial charge in [0.2, 0.25) is 5.91 Å². The Bertz CT molecular complexity index is 259. The normalized spacial score (nSPS) is 22.5. The summed E-state index contributed by atoms with van der Waals surface area (Å²) < 4.78 is 0. The molecule has 1 aliphatic rings. The number of hydrogen-bond donors (Lipinski definition) is 1. The molecule has 114 valence electrons. The molecular weight excluding hydrogens is 260 g/mol. The van der Waals surface area contributed by atoms with Crippen LogP contribution in [0.2, 0.25) is 0 Å². The Labute approximate surface area is 124 Å². The summed E-state index contributed by atoms with van der Waals surface area (Å²) in [6.45, 7) is 8.19. The lowest BCUT2D eigenvalue weighted by atomic mass is 9.90. The second kappa shape index (κ2) is 9.60. The van der Waals surface area contributed by atoms with Crippen molar-refractivity contribution in [2.75, 3.05) is 13.1 Å². The van der Waals surface area contributed by atoms with Gasteiger partial charge >= 0.3 is 0 Å². The maximum atomic E-state index is 12.5. The molecule has 0 aliphatic carbocycles. The first kappa shape index (κ1) is 18.7. The van der Waals surface area contributed by atoms with Crippen LogP contribution in [0.25, 0.3) is 0 Å². The average molecular weight is 291 g/mol. The first-order valence-corrected chi connectivity index (χ1v) is 7.64. The number of rotatable bonds is 6. The lowest BCUT2D eigenvalue weighted by Gasteiger charge is -2.36. The number of halogens is 1. The van der Waals surface area contributed by atoms with Gasteiger partial charge in [-0.25, -0.2) is 0 Å². The minimum atomic E-state index is 0. The van der Waals surface area contributed by atoms with E-state index >= 15 is 0 Å². The molecule has 0 saturated carbocycles. The highest BCUT2D eigenvalue weighted by atomic mass is 35.5. The van der Waals surface area contributed by atoms with E-state index in [-0.39, 0.29) is 24.4 Å². The van der Waals surface area contributed by atoms with Crippen molar-refractivity contribution in [2.45, 2.75) is 65.3 Å². The predicted molar refractivity (Wildman–Crippen MR) is 83.5 cm³/mol. The molecule has 0 aromatic carbocycles. The van der Waals surface area contributed by atoms with E-state index in [0.717, 1.165) is 38.8 Å². The van der Waals surface area contributed by atoms with E-state index in [1.54, 1.807) is 0 Å². The number of unbranched alkanes of at least 4 members (excludes halogenated alkanes) is 1. The summed E-state index contributed by atoms with van der Waals surface area (Å²) in [6.07, 6.45) is 6.64. The van der Waals surface area contributed by atoms with E-state index in [1.165, 1.54) is 12.8 Å². The van der Waals surface area contributed by atoms with E-state index in [0.29, 0.717) is 11.8 Å². The fourth-order valence-corrected chi connectivity index (χ4v) is 2.85. The number of carbonyl (C=O) groups is 1. The molecule has 3 unspecified atom stereocenters. The van der Waals surface area contributed by atoms with E-state index in [2.05, 4.69) is 25.7 Å². The molecule has 0 bridgehead atoms. The summed E-state index contributed by atoms with van der Waals surface area (Å²) in [5.41, 5.74) is 5.98. The lowest BCUT2D eigenvalue weighted by Crippen LogP contribution is -2.47. The highest BCUT2D eigenvalue weighted by Gasteiger charge is 2.28. The van der Waals surface area contributed by atoms with Crippen LogP contribution in [-0.4, -0.2) is 29.9 Å². The largest absolute Gasteiger partial charge is 0.342 e. The van der Waals surface area contributed by atoms with Crippen LogP contribution in [0.1, 0.15) is 59.3 Å². The summed E-state index contributed by atoms with van der Waals surface area (Å²) >= 11 is 0. The maximum absolute atomic E-state index is 12.5. The van der Waals surface area contributed by atoms with Crippen LogP contribution < -0.4 is 5.73 Å². The Morgan fingerprint density at radius 2 is 2.11 bits per heavy atom. The van der Waals surface area contributed by atoms with Crippen LogP contribution in [0, 0.1) is 11.8 Å². The third-order valence-corrected chi connectivity index (χ3v) is 4.26. The molecule has 4 heteroatoms. The van der Waals surface area contributed by atoms with Gasteiger partial charge in [0.1, 0.15) is 0 Å². The fourth-order valence-electron chi connectivity index (χ4n) is 2.85. The Balaban J connectivity index is 0.00000324. The number of piperidine rings is 1. The Kier molecular flexibility index (Phi) is 9.46. The van der Waals surface area contributed by atoms with Crippen molar-refractivity contribution < 1.29 is 4.79 Å². The topological polar surface area (TPSA) is 46.3 Å². The molecule has 2 N–H and O–H groups in total. The van der Waals surface area contributed by atoms with Crippen molar-refractivity contribution in [2.24, 2.45) is 17.6 Å². The minimum Gasteiger partial charge on any atom is -0.342 e. The molecule has 0 radical (unpaired) electrons. The molecule has 0 aromatic heterocycles. The molecule has 1 aliphatic heterocycles. The molecule has 1 heterocycles. The molecule has 3 nitrogen and oxygen atoms in total. The number of amides is 1. The molecule has 19 heavy (non-hydrogen) atoms. The van der Waals surface area contributed by atoms with Gasteiger partial charge in [0.25, 0.3) is 0 Å². The van der Waals surface area contributed by atoms with Gasteiger partial charge in [-0.15, -0.1) is 12.4 Å². The second-order valence-corrected chi connectivity index (χ2v) is 5.79. The van der Waals surface area contributed by atoms with Crippen LogP contribution in [0.4, 0.5) is 0 Å². The molecule has 0 spiro atoms. The van der Waals surface area contributed by atoms with Gasteiger partial charge in [-0.1, -0.05) is 26.7 Å². The molecule has 1 saturated heterocycles. The van der Waals surface area contributed by atoms with Crippen molar-refractivity contribution in [3.63, 3.8) is 0 Å². The smallest absolute Gasteiger partial charge is 0.225 e. The monoisotopic (exact) mass is 290 g/mol. The van der Waals surface area contributed by atoms with Crippen LogP contribution in [-0.2, 0) is 4.79 Å². The van der Waals surface area contributed by atoms with Crippen molar-refractivity contribution in [3.8, 4) is 0 Å². The number of hydrogen-bond acceptors (Lipinski definition) is 2. The summed E-state index contributed by atoms with van der Waals surface area (Å²) in [7, 11) is 0. The van der Waals surface area contributed by atoms with Gasteiger partial charge < -0.3 is 10.6 Å². The van der Waals surface area contributed by atoms with Crippen LogP contribution in [0.3, 0.4) is 0 Å². The Morgan fingerprint density at radius 3 is 2.63 bits per heavy atom. The molecule has 1 rings (SSSR count). The first-order chi connectivity index (χ1) is 8.60. The van der Waals surface area contributed by atoms with Gasteiger partial charge in [-0.3, -0.25) is 4.79 Å². The number of carbonyl (C=O) groups excluding carboxylic acids is 1. The van der Waals surface area contributed by atoms with Gasteiger partial charge in [-0.05, 0) is 38.5 Å². The molecule has 3 atom stereocenters. The van der Waals surface area contributed by atoms with E-state index < -0.39 is 0 Å². The second-order valence-electron chi connectivity index (χ2n) is 5.79. The molecule has 0 aromatic rings. The number of likely N-dealkylation sites (tertiary alicyclic amines) is 1. The van der Waals surface area contributed by atoms with Crippen molar-refractivity contribution in [1.82, 2.24) is 4.90 Å². The van der Waals surface area contributed by atoms with E-state index in [4.69, 9.17) is 5.73 Å². The third-order valence-electron chi connectivity index (χ3n) is 4.26. The van der Waals surface area contributed by atoms with Crippen LogP contribution in [0.5, 0.6) is 0 Å². The Morgan fingerprint density at radius 1 is 1.42 bits per heavy atom. The van der Waals surface area contributed by atoms with Gasteiger partial charge in [-0.2, -0.15) is 0 Å². The first-order valence-electron chi connectivity index (χ1n) is 7.64. The van der Waals surface area contributed by atoms with Crippen LogP contribution >= 0.6 is 12.4 Å². The summed E-state index contributed by atoms with van der Waals surface area (Å²) in [4.78, 5) is 14.6. The van der Waals surface area contributed by atoms with Gasteiger partial charge in [0.15, 0.2) is 0 Å². The van der Waals surface area contributed by atoms with Crippen molar-refractivity contribution in [3.05, 3.63) is 0 Å². The van der Waals surface area contributed by atoms with E-state index in [1.807, 2.05) is 0 Å². The zero-order valence-corrected chi connectivity index (χ0v) is 13.5. The fraction of sp³-hybridized carbons (Fsp3) is 0.933. The SMILES string of the molecule is CCCCC(CC)C(=O)N1CCCC(C(C)N)C1.Cl. The predicted octanol–water partition coefficient (Wildman–Crippen LogP) is 3.21. The quantitative estimate of drug-likeness (QED) is 0.816. The lowest BCUT2D eigenvalue weighted by molar-refractivity contribution is -0.137. The number of nitrogens with two attached hydrogens (primary N) is 1. The maximum Gasteiger partial charge on any atom is 0.225 e. The zero-order chi connectivity index (χ0) is 13.5. The summed E-state index contributed by atoms with van der Waals surface area (Å²) in [5, 5.41) is 0. The molecule has 1 amide bonds.